The summed E-state index contributed by atoms with van der Waals surface area (Å²) in [4.78, 5) is 16.0. The Bertz CT molecular complexity index is 865. The van der Waals surface area contributed by atoms with Crippen LogP contribution < -0.4 is 10.6 Å². The minimum Gasteiger partial charge on any atom is -0.376 e. The van der Waals surface area contributed by atoms with Crippen molar-refractivity contribution in [2.75, 3.05) is 12.4 Å². The minimum absolute atomic E-state index is 0.223. The van der Waals surface area contributed by atoms with Crippen LogP contribution in [-0.4, -0.2) is 23.1 Å². The van der Waals surface area contributed by atoms with Gasteiger partial charge < -0.3 is 15.2 Å². The molecule has 3 aromatic rings. The van der Waals surface area contributed by atoms with E-state index in [4.69, 9.17) is 16.1 Å². The normalized spacial score (nSPS) is 10.5. The number of rotatable bonds is 6. The van der Waals surface area contributed by atoms with Crippen LogP contribution in [0.3, 0.4) is 0 Å². The average Bonchev–Trinajstić information content (AvgIpc) is 3.07. The fourth-order valence-electron chi connectivity index (χ4n) is 2.33. The highest BCUT2D eigenvalue weighted by molar-refractivity contribution is 6.34. The Hall–Kier alpha value is -2.86. The molecule has 1 aromatic heterocycles. The molecule has 0 atom stereocenters. The molecule has 128 valence electrons. The first kappa shape index (κ1) is 17.0. The van der Waals surface area contributed by atoms with E-state index in [0.29, 0.717) is 35.3 Å². The maximum Gasteiger partial charge on any atom is 0.252 e. The zero-order valence-electron chi connectivity index (χ0n) is 13.6. The van der Waals surface area contributed by atoms with Crippen LogP contribution >= 0.6 is 11.6 Å². The fraction of sp³-hybridized carbons (Fsp3) is 0.167. The van der Waals surface area contributed by atoms with Gasteiger partial charge in [0.1, 0.15) is 0 Å². The second-order valence-electron chi connectivity index (χ2n) is 5.39. The lowest BCUT2D eigenvalue weighted by atomic mass is 10.1. The van der Waals surface area contributed by atoms with Crippen molar-refractivity contribution in [2.45, 2.75) is 13.0 Å². The Morgan fingerprint density at radius 1 is 1.20 bits per heavy atom. The minimum atomic E-state index is -0.223. The van der Waals surface area contributed by atoms with E-state index >= 15 is 0 Å². The molecule has 1 heterocycles. The monoisotopic (exact) mass is 356 g/mol. The second-order valence-corrected chi connectivity index (χ2v) is 5.80. The van der Waals surface area contributed by atoms with Crippen molar-refractivity contribution in [3.63, 3.8) is 0 Å². The summed E-state index contributed by atoms with van der Waals surface area (Å²) in [7, 11) is 1.56. The van der Waals surface area contributed by atoms with Crippen LogP contribution in [0.4, 0.5) is 5.69 Å². The zero-order chi connectivity index (χ0) is 17.6. The summed E-state index contributed by atoms with van der Waals surface area (Å²) in [6.45, 7) is 0.372. The summed E-state index contributed by atoms with van der Waals surface area (Å²) in [5, 5.41) is 10.1. The summed E-state index contributed by atoms with van der Waals surface area (Å²) in [5.74, 6) is 0.896. The zero-order valence-corrected chi connectivity index (χ0v) is 14.4. The molecule has 0 bridgehead atoms. The van der Waals surface area contributed by atoms with Gasteiger partial charge in [-0.1, -0.05) is 47.1 Å². The largest absolute Gasteiger partial charge is 0.376 e. The maximum absolute atomic E-state index is 11.6. The molecule has 0 saturated heterocycles. The van der Waals surface area contributed by atoms with Gasteiger partial charge in [-0.15, -0.1) is 0 Å². The van der Waals surface area contributed by atoms with Gasteiger partial charge >= 0.3 is 0 Å². The van der Waals surface area contributed by atoms with Gasteiger partial charge in [-0.05, 0) is 23.8 Å². The number of nitrogens with one attached hydrogen (secondary N) is 2. The topological polar surface area (TPSA) is 80.0 Å². The lowest BCUT2D eigenvalue weighted by Gasteiger charge is -2.07. The van der Waals surface area contributed by atoms with Gasteiger partial charge in [-0.25, -0.2) is 0 Å². The Balaban J connectivity index is 1.61. The van der Waals surface area contributed by atoms with E-state index in [-0.39, 0.29) is 5.91 Å². The quantitative estimate of drug-likeness (QED) is 0.708. The molecular weight excluding hydrogens is 340 g/mol. The second kappa shape index (κ2) is 7.81. The molecule has 3 rings (SSSR count). The van der Waals surface area contributed by atoms with E-state index in [2.05, 4.69) is 20.8 Å². The third-order valence-electron chi connectivity index (χ3n) is 3.60. The van der Waals surface area contributed by atoms with E-state index in [1.165, 1.54) is 0 Å². The number of halogens is 1. The SMILES string of the molecule is CNC(=O)c1ccc(NCc2nc(Cc3ccccc3)no2)cc1Cl. The van der Waals surface area contributed by atoms with Crippen molar-refractivity contribution < 1.29 is 9.32 Å². The van der Waals surface area contributed by atoms with E-state index < -0.39 is 0 Å². The van der Waals surface area contributed by atoms with Crippen molar-refractivity contribution in [1.29, 1.82) is 0 Å². The maximum atomic E-state index is 11.6. The van der Waals surface area contributed by atoms with Gasteiger partial charge in [-0.3, -0.25) is 4.79 Å². The van der Waals surface area contributed by atoms with Crippen molar-refractivity contribution in [3.05, 3.63) is 76.4 Å². The Labute approximate surface area is 150 Å². The van der Waals surface area contributed by atoms with Crippen molar-refractivity contribution >= 4 is 23.2 Å². The third kappa shape index (κ3) is 4.36. The number of hydrogen-bond acceptors (Lipinski definition) is 5. The number of benzene rings is 2. The molecule has 0 spiro atoms. The predicted molar refractivity (Wildman–Crippen MR) is 95.7 cm³/mol. The van der Waals surface area contributed by atoms with Crippen LogP contribution in [-0.2, 0) is 13.0 Å². The van der Waals surface area contributed by atoms with Crippen LogP contribution in [0.1, 0.15) is 27.6 Å². The van der Waals surface area contributed by atoms with Crippen LogP contribution in [0.5, 0.6) is 0 Å². The Morgan fingerprint density at radius 3 is 2.72 bits per heavy atom. The third-order valence-corrected chi connectivity index (χ3v) is 3.91. The van der Waals surface area contributed by atoms with Gasteiger partial charge in [-0.2, -0.15) is 4.98 Å². The molecule has 0 saturated carbocycles. The number of nitrogens with zero attached hydrogens (tertiary/aromatic N) is 2. The lowest BCUT2D eigenvalue weighted by molar-refractivity contribution is 0.0963. The van der Waals surface area contributed by atoms with Crippen molar-refractivity contribution in [3.8, 4) is 0 Å². The molecule has 0 fully saturated rings. The van der Waals surface area contributed by atoms with Gasteiger partial charge in [0, 0.05) is 19.2 Å². The van der Waals surface area contributed by atoms with Crippen LogP contribution in [0.15, 0.2) is 53.1 Å². The fourth-order valence-corrected chi connectivity index (χ4v) is 2.60. The predicted octanol–water partition coefficient (Wildman–Crippen LogP) is 3.29. The number of amides is 1. The molecular formula is C18H17ClN4O2. The molecule has 1 amide bonds. The number of carbonyl (C=O) groups is 1. The molecule has 25 heavy (non-hydrogen) atoms. The Morgan fingerprint density at radius 2 is 2.00 bits per heavy atom. The van der Waals surface area contributed by atoms with E-state index in [1.807, 2.05) is 30.3 Å². The summed E-state index contributed by atoms with van der Waals surface area (Å²) >= 11 is 6.13. The first-order chi connectivity index (χ1) is 12.2. The summed E-state index contributed by atoms with van der Waals surface area (Å²) in [6, 6.07) is 15.1. The molecule has 0 radical (unpaired) electrons. The van der Waals surface area contributed by atoms with Crippen molar-refractivity contribution in [2.24, 2.45) is 0 Å². The van der Waals surface area contributed by atoms with E-state index in [9.17, 15) is 4.79 Å². The first-order valence-corrected chi connectivity index (χ1v) is 8.14. The smallest absolute Gasteiger partial charge is 0.252 e. The lowest BCUT2D eigenvalue weighted by Crippen LogP contribution is -2.18. The first-order valence-electron chi connectivity index (χ1n) is 7.76. The molecule has 7 heteroatoms. The highest BCUT2D eigenvalue weighted by Gasteiger charge is 2.10. The van der Waals surface area contributed by atoms with Gasteiger partial charge in [0.05, 0.1) is 17.1 Å². The van der Waals surface area contributed by atoms with Gasteiger partial charge in [0.15, 0.2) is 5.82 Å². The molecule has 0 aliphatic rings. The number of carbonyl (C=O) groups excluding carboxylic acids is 1. The molecule has 2 aromatic carbocycles. The summed E-state index contributed by atoms with van der Waals surface area (Å²) in [6.07, 6.45) is 0.622. The van der Waals surface area contributed by atoms with E-state index in [1.54, 1.807) is 25.2 Å². The highest BCUT2D eigenvalue weighted by atomic mass is 35.5. The highest BCUT2D eigenvalue weighted by Crippen LogP contribution is 2.21. The van der Waals surface area contributed by atoms with Crippen molar-refractivity contribution in [1.82, 2.24) is 15.5 Å². The number of hydrogen-bond donors (Lipinski definition) is 2. The number of anilines is 1. The standard InChI is InChI=1S/C18H17ClN4O2/c1-20-18(24)14-8-7-13(10-15(14)19)21-11-17-22-16(23-25-17)9-12-5-3-2-4-6-12/h2-8,10,21H,9,11H2,1H3,(H,20,24). The van der Waals surface area contributed by atoms with Crippen LogP contribution in [0, 0.1) is 0 Å². The van der Waals surface area contributed by atoms with Crippen LogP contribution in [0.25, 0.3) is 0 Å². The molecule has 6 nitrogen and oxygen atoms in total. The summed E-state index contributed by atoms with van der Waals surface area (Å²) in [5.41, 5.74) is 2.32. The molecule has 0 aliphatic carbocycles. The number of aromatic nitrogens is 2. The average molecular weight is 357 g/mol. The molecule has 0 aliphatic heterocycles. The van der Waals surface area contributed by atoms with Crippen LogP contribution in [0.2, 0.25) is 5.02 Å². The summed E-state index contributed by atoms with van der Waals surface area (Å²) < 4.78 is 5.25. The van der Waals surface area contributed by atoms with E-state index in [0.717, 1.165) is 11.3 Å². The Kier molecular flexibility index (Phi) is 5.30. The van der Waals surface area contributed by atoms with Gasteiger partial charge in [0.2, 0.25) is 5.89 Å². The molecule has 2 N–H and O–H groups in total. The molecule has 0 unspecified atom stereocenters. The van der Waals surface area contributed by atoms with Gasteiger partial charge in [0.25, 0.3) is 5.91 Å².